The lowest BCUT2D eigenvalue weighted by Gasteiger charge is -2.18. The molecule has 2 unspecified atom stereocenters. The number of likely N-dealkylation sites (N-methyl/N-ethyl adjacent to an activating group) is 1. The van der Waals surface area contributed by atoms with Crippen LogP contribution >= 0.6 is 0 Å². The molecule has 28 heavy (non-hydrogen) atoms. The van der Waals surface area contributed by atoms with Crippen LogP contribution in [0.2, 0.25) is 0 Å². The Morgan fingerprint density at radius 1 is 1.14 bits per heavy atom. The second kappa shape index (κ2) is 7.17. The zero-order valence-electron chi connectivity index (χ0n) is 14.4. The summed E-state index contributed by atoms with van der Waals surface area (Å²) in [6.07, 6.45) is -4.51. The maximum Gasteiger partial charge on any atom is 0.416 e. The van der Waals surface area contributed by atoms with Gasteiger partial charge >= 0.3 is 6.18 Å². The molecule has 0 aliphatic carbocycles. The van der Waals surface area contributed by atoms with Crippen LogP contribution in [0, 0.1) is 17.8 Å². The minimum atomic E-state index is -4.51. The first-order valence-electron chi connectivity index (χ1n) is 8.13. The van der Waals surface area contributed by atoms with Gasteiger partial charge in [0.1, 0.15) is 5.92 Å². The number of anilines is 1. The van der Waals surface area contributed by atoms with Crippen LogP contribution in [0.15, 0.2) is 36.4 Å². The number of nitrogens with one attached hydrogen (secondary N) is 1. The minimum absolute atomic E-state index is 0.104. The Morgan fingerprint density at radius 2 is 1.79 bits per heavy atom. The lowest BCUT2D eigenvalue weighted by atomic mass is 9.87. The number of rotatable bonds is 3. The van der Waals surface area contributed by atoms with Crippen LogP contribution < -0.4 is 5.32 Å². The normalized spacial score (nSPS) is 19.8. The van der Waals surface area contributed by atoms with E-state index in [-0.39, 0.29) is 6.54 Å². The number of hydrogen-bond donors (Lipinski definition) is 1. The molecule has 1 saturated heterocycles. The van der Waals surface area contributed by atoms with Gasteiger partial charge in [-0.2, -0.15) is 26.9 Å². The fourth-order valence-corrected chi connectivity index (χ4v) is 3.13. The number of alkyl halides is 3. The van der Waals surface area contributed by atoms with Crippen molar-refractivity contribution in [3.63, 3.8) is 0 Å². The molecular formula is C18H14F5N3O2. The summed E-state index contributed by atoms with van der Waals surface area (Å²) in [7, 11) is 1.45. The molecule has 0 bridgehead atoms. The van der Waals surface area contributed by atoms with Crippen LogP contribution in [0.25, 0.3) is 0 Å². The van der Waals surface area contributed by atoms with Gasteiger partial charge in [0.25, 0.3) is 0 Å². The third-order valence-electron chi connectivity index (χ3n) is 4.54. The van der Waals surface area contributed by atoms with Gasteiger partial charge in [0.15, 0.2) is 0 Å². The summed E-state index contributed by atoms with van der Waals surface area (Å²) in [5.41, 5.74) is -0.891. The van der Waals surface area contributed by atoms with Gasteiger partial charge < -0.3 is 10.2 Å². The Balaban J connectivity index is 1.87. The molecule has 0 saturated carbocycles. The van der Waals surface area contributed by atoms with Crippen molar-refractivity contribution in [3.8, 4) is 0 Å². The van der Waals surface area contributed by atoms with Crippen LogP contribution in [-0.2, 0) is 15.8 Å². The van der Waals surface area contributed by atoms with Gasteiger partial charge in [0.05, 0.1) is 11.3 Å². The largest absolute Gasteiger partial charge is 0.416 e. The predicted octanol–water partition coefficient (Wildman–Crippen LogP) is 3.19. The van der Waals surface area contributed by atoms with Crippen LogP contribution in [0.5, 0.6) is 0 Å². The van der Waals surface area contributed by atoms with E-state index in [2.05, 4.69) is 10.3 Å². The monoisotopic (exact) mass is 399 g/mol. The summed E-state index contributed by atoms with van der Waals surface area (Å²) >= 11 is 0. The highest BCUT2D eigenvalue weighted by atomic mass is 19.4. The van der Waals surface area contributed by atoms with Crippen molar-refractivity contribution < 1.29 is 31.5 Å². The Morgan fingerprint density at radius 3 is 2.36 bits per heavy atom. The van der Waals surface area contributed by atoms with Crippen molar-refractivity contribution in [1.29, 1.82) is 0 Å². The molecule has 0 spiro atoms. The molecule has 2 aromatic rings. The number of likely N-dealkylation sites (tertiary alicyclic amines) is 1. The molecule has 148 valence electrons. The van der Waals surface area contributed by atoms with Gasteiger partial charge in [-0.1, -0.05) is 12.1 Å². The molecule has 5 nitrogen and oxygen atoms in total. The van der Waals surface area contributed by atoms with Gasteiger partial charge in [-0.15, -0.1) is 0 Å². The van der Waals surface area contributed by atoms with Gasteiger partial charge in [-0.3, -0.25) is 9.59 Å². The second-order valence-corrected chi connectivity index (χ2v) is 6.38. The van der Waals surface area contributed by atoms with E-state index in [0.717, 1.165) is 24.3 Å². The van der Waals surface area contributed by atoms with Gasteiger partial charge in [0, 0.05) is 19.5 Å². The molecule has 1 aliphatic rings. The predicted molar refractivity (Wildman–Crippen MR) is 88.1 cm³/mol. The van der Waals surface area contributed by atoms with Gasteiger partial charge in [-0.25, -0.2) is 0 Å². The summed E-state index contributed by atoms with van der Waals surface area (Å²) in [6, 6.07) is 5.97. The van der Waals surface area contributed by atoms with Crippen molar-refractivity contribution >= 4 is 17.5 Å². The maximum absolute atomic E-state index is 13.7. The Labute approximate surface area is 156 Å². The number of pyridine rings is 1. The minimum Gasteiger partial charge on any atom is -0.344 e. The lowest BCUT2D eigenvalue weighted by Crippen LogP contribution is -2.33. The summed E-state index contributed by atoms with van der Waals surface area (Å²) in [6.45, 7) is 0.104. The maximum atomic E-state index is 13.7. The Bertz CT molecular complexity index is 914. The number of hydrogen-bond acceptors (Lipinski definition) is 3. The molecular weight excluding hydrogens is 385 g/mol. The van der Waals surface area contributed by atoms with Crippen molar-refractivity contribution in [2.45, 2.75) is 12.1 Å². The van der Waals surface area contributed by atoms with Gasteiger partial charge in [0.2, 0.25) is 23.7 Å². The standard InChI is InChI=1S/C18H14F5N3O2/c1-26-8-11(9-2-4-10(5-3-9)18(21,22)23)14(17(26)28)16(27)24-12-6-7-13(19)25-15(12)20/h2-7,11,14H,8H2,1H3,(H,24,27). The molecule has 1 aromatic heterocycles. The SMILES string of the molecule is CN1CC(c2ccc(C(F)(F)F)cc2)C(C(=O)Nc2ccc(F)nc2F)C1=O. The van der Waals surface area contributed by atoms with E-state index in [4.69, 9.17) is 0 Å². The molecule has 10 heteroatoms. The average molecular weight is 399 g/mol. The zero-order chi connectivity index (χ0) is 20.6. The molecule has 1 aliphatic heterocycles. The van der Waals surface area contributed by atoms with Crippen LogP contribution in [0.4, 0.5) is 27.6 Å². The molecule has 3 rings (SSSR count). The molecule has 0 radical (unpaired) electrons. The summed E-state index contributed by atoms with van der Waals surface area (Å²) in [5, 5.41) is 2.20. The van der Waals surface area contributed by atoms with Crippen molar-refractivity contribution in [3.05, 3.63) is 59.4 Å². The lowest BCUT2D eigenvalue weighted by molar-refractivity contribution is -0.138. The first-order valence-corrected chi connectivity index (χ1v) is 8.13. The van der Waals surface area contributed by atoms with E-state index >= 15 is 0 Å². The number of halogens is 5. The van der Waals surface area contributed by atoms with Gasteiger partial charge in [-0.05, 0) is 29.8 Å². The zero-order valence-corrected chi connectivity index (χ0v) is 14.4. The molecule has 1 N–H and O–H groups in total. The molecule has 1 aromatic carbocycles. The Hall–Kier alpha value is -3.04. The molecule has 2 amide bonds. The number of amides is 2. The number of carbonyl (C=O) groups is 2. The van der Waals surface area contributed by atoms with Crippen LogP contribution in [0.1, 0.15) is 17.0 Å². The first kappa shape index (κ1) is 19.7. The quantitative estimate of drug-likeness (QED) is 0.490. The fraction of sp³-hybridized carbons (Fsp3) is 0.278. The third-order valence-corrected chi connectivity index (χ3v) is 4.54. The highest BCUT2D eigenvalue weighted by Gasteiger charge is 2.44. The van der Waals surface area contributed by atoms with Crippen molar-refractivity contribution in [1.82, 2.24) is 9.88 Å². The fourth-order valence-electron chi connectivity index (χ4n) is 3.13. The van der Waals surface area contributed by atoms with E-state index in [9.17, 15) is 31.5 Å². The average Bonchev–Trinajstić information content (AvgIpc) is 2.92. The van der Waals surface area contributed by atoms with E-state index < -0.39 is 53.0 Å². The molecule has 2 heterocycles. The van der Waals surface area contributed by atoms with Crippen molar-refractivity contribution in [2.75, 3.05) is 18.9 Å². The number of carbonyl (C=O) groups excluding carboxylic acids is 2. The summed E-state index contributed by atoms with van der Waals surface area (Å²) in [4.78, 5) is 29.2. The number of benzene rings is 1. The van der Waals surface area contributed by atoms with Crippen LogP contribution in [0.3, 0.4) is 0 Å². The second-order valence-electron chi connectivity index (χ2n) is 6.38. The third kappa shape index (κ3) is 3.80. The van der Waals surface area contributed by atoms with E-state index in [0.29, 0.717) is 5.56 Å². The van der Waals surface area contributed by atoms with E-state index in [1.165, 1.54) is 24.1 Å². The smallest absolute Gasteiger partial charge is 0.344 e. The number of aromatic nitrogens is 1. The highest BCUT2D eigenvalue weighted by Crippen LogP contribution is 2.36. The van der Waals surface area contributed by atoms with Crippen molar-refractivity contribution in [2.24, 2.45) is 5.92 Å². The molecule has 1 fully saturated rings. The van der Waals surface area contributed by atoms with E-state index in [1.807, 2.05) is 0 Å². The molecule has 2 atom stereocenters. The van der Waals surface area contributed by atoms with Crippen LogP contribution in [-0.4, -0.2) is 35.3 Å². The summed E-state index contributed by atoms with van der Waals surface area (Å²) < 4.78 is 64.8. The van der Waals surface area contributed by atoms with E-state index in [1.54, 1.807) is 0 Å². The summed E-state index contributed by atoms with van der Waals surface area (Å²) in [5.74, 6) is -5.74. The topological polar surface area (TPSA) is 62.3 Å². The number of nitrogens with zero attached hydrogens (tertiary/aromatic N) is 2. The first-order chi connectivity index (χ1) is 13.1. The highest BCUT2D eigenvalue weighted by molar-refractivity contribution is 6.08. The Kier molecular flexibility index (Phi) is 5.05.